The van der Waals surface area contributed by atoms with E-state index in [-0.39, 0.29) is 0 Å². The minimum absolute atomic E-state index is 1.05. The molecule has 2 heterocycles. The van der Waals surface area contributed by atoms with E-state index in [2.05, 4.69) is 21.5 Å². The Morgan fingerprint density at radius 3 is 2.86 bits per heavy atom. The van der Waals surface area contributed by atoms with Gasteiger partial charge >= 0.3 is 0 Å². The normalized spacial score (nSPS) is 10.9. The SMILES string of the molecule is c1c[nH]c(-c2nsc3ccccc23)c1. The first-order valence-electron chi connectivity index (χ1n) is 4.43. The van der Waals surface area contributed by atoms with Gasteiger partial charge < -0.3 is 4.98 Å². The second kappa shape index (κ2) is 2.96. The molecule has 68 valence electrons. The van der Waals surface area contributed by atoms with Gasteiger partial charge in [0.05, 0.1) is 10.4 Å². The lowest BCUT2D eigenvalue weighted by molar-refractivity contribution is 1.38. The number of hydrogen-bond acceptors (Lipinski definition) is 2. The van der Waals surface area contributed by atoms with Crippen LogP contribution in [0, 0.1) is 0 Å². The van der Waals surface area contributed by atoms with Crippen LogP contribution in [0.4, 0.5) is 0 Å². The summed E-state index contributed by atoms with van der Waals surface area (Å²) in [5, 5.41) is 1.22. The number of rotatable bonds is 1. The lowest BCUT2D eigenvalue weighted by atomic mass is 10.2. The molecule has 0 unspecified atom stereocenters. The molecule has 14 heavy (non-hydrogen) atoms. The van der Waals surface area contributed by atoms with Crippen LogP contribution in [0.15, 0.2) is 42.6 Å². The number of H-pyrrole nitrogens is 1. The first kappa shape index (κ1) is 7.76. The molecule has 0 aliphatic rings. The fourth-order valence-electron chi connectivity index (χ4n) is 1.56. The topological polar surface area (TPSA) is 28.7 Å². The predicted molar refractivity (Wildman–Crippen MR) is 59.4 cm³/mol. The van der Waals surface area contributed by atoms with Crippen molar-refractivity contribution in [3.05, 3.63) is 42.6 Å². The Morgan fingerprint density at radius 1 is 1.07 bits per heavy atom. The number of benzene rings is 1. The molecule has 0 spiro atoms. The Bertz CT molecular complexity index is 551. The van der Waals surface area contributed by atoms with Crippen molar-refractivity contribution in [3.63, 3.8) is 0 Å². The summed E-state index contributed by atoms with van der Waals surface area (Å²) in [5.74, 6) is 0. The standard InChI is InChI=1S/C11H8N2S/c1-2-6-10-8(4-1)11(13-14-10)9-5-3-7-12-9/h1-7,12H. The lowest BCUT2D eigenvalue weighted by Crippen LogP contribution is -1.75. The van der Waals surface area contributed by atoms with Gasteiger partial charge in [-0.3, -0.25) is 0 Å². The van der Waals surface area contributed by atoms with Crippen molar-refractivity contribution in [2.24, 2.45) is 0 Å². The van der Waals surface area contributed by atoms with Crippen LogP contribution >= 0.6 is 11.5 Å². The molecule has 0 radical (unpaired) electrons. The van der Waals surface area contributed by atoms with E-state index < -0.39 is 0 Å². The molecule has 3 heteroatoms. The minimum atomic E-state index is 1.05. The molecule has 1 N–H and O–H groups in total. The van der Waals surface area contributed by atoms with Crippen molar-refractivity contribution in [1.82, 2.24) is 9.36 Å². The van der Waals surface area contributed by atoms with Gasteiger partial charge in [-0.15, -0.1) is 0 Å². The summed E-state index contributed by atoms with van der Waals surface area (Å²) in [7, 11) is 0. The largest absolute Gasteiger partial charge is 0.360 e. The van der Waals surface area contributed by atoms with Gasteiger partial charge in [0.2, 0.25) is 0 Å². The highest BCUT2D eigenvalue weighted by molar-refractivity contribution is 7.13. The van der Waals surface area contributed by atoms with Gasteiger partial charge in [0.15, 0.2) is 0 Å². The van der Waals surface area contributed by atoms with Crippen molar-refractivity contribution < 1.29 is 0 Å². The second-order valence-corrected chi connectivity index (χ2v) is 3.92. The molecular weight excluding hydrogens is 192 g/mol. The van der Waals surface area contributed by atoms with Gasteiger partial charge in [-0.1, -0.05) is 18.2 Å². The third kappa shape index (κ3) is 1.06. The van der Waals surface area contributed by atoms with E-state index >= 15 is 0 Å². The summed E-state index contributed by atoms with van der Waals surface area (Å²) >= 11 is 1.54. The number of nitrogens with zero attached hydrogens (tertiary/aromatic N) is 1. The van der Waals surface area contributed by atoms with Crippen LogP contribution < -0.4 is 0 Å². The summed E-state index contributed by atoms with van der Waals surface area (Å²) in [6.45, 7) is 0. The van der Waals surface area contributed by atoms with Gasteiger partial charge in [-0.2, -0.15) is 4.37 Å². The molecule has 3 rings (SSSR count). The van der Waals surface area contributed by atoms with E-state index in [0.29, 0.717) is 0 Å². The Morgan fingerprint density at radius 2 is 2.00 bits per heavy atom. The average Bonchev–Trinajstić information content (AvgIpc) is 2.85. The number of hydrogen-bond donors (Lipinski definition) is 1. The van der Waals surface area contributed by atoms with Crippen molar-refractivity contribution in [2.45, 2.75) is 0 Å². The number of aromatic amines is 1. The smallest absolute Gasteiger partial charge is 0.108 e. The zero-order chi connectivity index (χ0) is 9.38. The van der Waals surface area contributed by atoms with Crippen LogP contribution in [-0.2, 0) is 0 Å². The quantitative estimate of drug-likeness (QED) is 0.641. The van der Waals surface area contributed by atoms with Gasteiger partial charge in [0.1, 0.15) is 5.69 Å². The number of nitrogens with one attached hydrogen (secondary N) is 1. The van der Waals surface area contributed by atoms with Crippen LogP contribution in [0.5, 0.6) is 0 Å². The molecule has 0 saturated heterocycles. The Labute approximate surface area is 85.4 Å². The molecule has 0 saturated carbocycles. The van der Waals surface area contributed by atoms with Gasteiger partial charge in [0.25, 0.3) is 0 Å². The van der Waals surface area contributed by atoms with Crippen LogP contribution in [0.1, 0.15) is 0 Å². The molecule has 0 aliphatic carbocycles. The zero-order valence-electron chi connectivity index (χ0n) is 7.40. The lowest BCUT2D eigenvalue weighted by Gasteiger charge is -1.92. The highest BCUT2D eigenvalue weighted by atomic mass is 32.1. The van der Waals surface area contributed by atoms with E-state index in [4.69, 9.17) is 0 Å². The summed E-state index contributed by atoms with van der Waals surface area (Å²) in [4.78, 5) is 3.18. The summed E-state index contributed by atoms with van der Waals surface area (Å²) in [6, 6.07) is 12.3. The maximum Gasteiger partial charge on any atom is 0.108 e. The third-order valence-electron chi connectivity index (χ3n) is 2.23. The maximum atomic E-state index is 4.45. The molecule has 0 amide bonds. The fraction of sp³-hybridized carbons (Fsp3) is 0. The third-order valence-corrected chi connectivity index (χ3v) is 3.06. The molecule has 1 aromatic carbocycles. The van der Waals surface area contributed by atoms with Crippen LogP contribution in [-0.4, -0.2) is 9.36 Å². The molecule has 2 aromatic heterocycles. The average molecular weight is 200 g/mol. The van der Waals surface area contributed by atoms with Crippen LogP contribution in [0.3, 0.4) is 0 Å². The van der Waals surface area contributed by atoms with E-state index in [1.165, 1.54) is 10.1 Å². The molecule has 0 bridgehead atoms. The summed E-state index contributed by atoms with van der Waals surface area (Å²) < 4.78 is 5.68. The first-order chi connectivity index (χ1) is 6.95. The monoisotopic (exact) mass is 200 g/mol. The van der Waals surface area contributed by atoms with Crippen LogP contribution in [0.25, 0.3) is 21.5 Å². The summed E-state index contributed by atoms with van der Waals surface area (Å²) in [5.41, 5.74) is 2.14. The van der Waals surface area contributed by atoms with Gasteiger partial charge in [0, 0.05) is 11.6 Å². The van der Waals surface area contributed by atoms with Crippen molar-refractivity contribution in [1.29, 1.82) is 0 Å². The van der Waals surface area contributed by atoms with E-state index in [1.807, 2.05) is 30.5 Å². The van der Waals surface area contributed by atoms with E-state index in [1.54, 1.807) is 11.5 Å². The Kier molecular flexibility index (Phi) is 1.64. The van der Waals surface area contributed by atoms with Crippen molar-refractivity contribution in [3.8, 4) is 11.4 Å². The molecule has 0 aliphatic heterocycles. The van der Waals surface area contributed by atoms with E-state index in [0.717, 1.165) is 11.4 Å². The Hall–Kier alpha value is -1.61. The van der Waals surface area contributed by atoms with Gasteiger partial charge in [-0.05, 0) is 29.7 Å². The van der Waals surface area contributed by atoms with Crippen molar-refractivity contribution in [2.75, 3.05) is 0 Å². The highest BCUT2D eigenvalue weighted by Crippen LogP contribution is 2.29. The molecule has 0 atom stereocenters. The van der Waals surface area contributed by atoms with Crippen molar-refractivity contribution >= 4 is 21.6 Å². The summed E-state index contributed by atoms with van der Waals surface area (Å²) in [6.07, 6.45) is 1.92. The second-order valence-electron chi connectivity index (χ2n) is 3.11. The zero-order valence-corrected chi connectivity index (χ0v) is 8.21. The van der Waals surface area contributed by atoms with E-state index in [9.17, 15) is 0 Å². The Balaban J connectivity index is 2.33. The highest BCUT2D eigenvalue weighted by Gasteiger charge is 2.07. The fourth-order valence-corrected chi connectivity index (χ4v) is 2.35. The van der Waals surface area contributed by atoms with Gasteiger partial charge in [-0.25, -0.2) is 0 Å². The maximum absolute atomic E-state index is 4.45. The number of aromatic nitrogens is 2. The molecule has 3 aromatic rings. The molecule has 2 nitrogen and oxygen atoms in total. The predicted octanol–water partition coefficient (Wildman–Crippen LogP) is 3.29. The first-order valence-corrected chi connectivity index (χ1v) is 5.21. The minimum Gasteiger partial charge on any atom is -0.360 e. The molecular formula is C11H8N2S. The number of fused-ring (bicyclic) bond motifs is 1. The van der Waals surface area contributed by atoms with Crippen LogP contribution in [0.2, 0.25) is 0 Å². The molecule has 0 fully saturated rings.